The SMILES string of the molecule is CCC1CCCN1C(C)C(C)O. The van der Waals surface area contributed by atoms with Crippen molar-refractivity contribution in [1.29, 1.82) is 0 Å². The Balaban J connectivity index is 2.49. The van der Waals surface area contributed by atoms with Crippen LogP contribution in [0.1, 0.15) is 40.0 Å². The van der Waals surface area contributed by atoms with Crippen molar-refractivity contribution in [2.75, 3.05) is 6.54 Å². The lowest BCUT2D eigenvalue weighted by molar-refractivity contribution is 0.0621. The molecule has 1 heterocycles. The molecule has 0 radical (unpaired) electrons. The lowest BCUT2D eigenvalue weighted by Gasteiger charge is -2.31. The number of aliphatic hydroxyl groups excluding tert-OH is 1. The molecule has 0 aromatic carbocycles. The lowest BCUT2D eigenvalue weighted by Crippen LogP contribution is -2.42. The van der Waals surface area contributed by atoms with Gasteiger partial charge in [-0.05, 0) is 39.7 Å². The van der Waals surface area contributed by atoms with E-state index in [1.807, 2.05) is 6.92 Å². The van der Waals surface area contributed by atoms with Crippen molar-refractivity contribution in [1.82, 2.24) is 4.90 Å². The maximum atomic E-state index is 9.45. The zero-order valence-corrected chi connectivity index (χ0v) is 8.45. The first-order valence-electron chi connectivity index (χ1n) is 5.10. The van der Waals surface area contributed by atoms with Crippen molar-refractivity contribution >= 4 is 0 Å². The quantitative estimate of drug-likeness (QED) is 0.697. The Morgan fingerprint density at radius 3 is 2.67 bits per heavy atom. The van der Waals surface area contributed by atoms with Gasteiger partial charge in [0.1, 0.15) is 0 Å². The van der Waals surface area contributed by atoms with Crippen LogP contribution in [0.3, 0.4) is 0 Å². The number of aliphatic hydroxyl groups is 1. The minimum atomic E-state index is -0.197. The van der Waals surface area contributed by atoms with Crippen LogP contribution >= 0.6 is 0 Å². The number of nitrogens with zero attached hydrogens (tertiary/aromatic N) is 1. The molecule has 1 saturated heterocycles. The van der Waals surface area contributed by atoms with Gasteiger partial charge < -0.3 is 5.11 Å². The van der Waals surface area contributed by atoms with E-state index in [9.17, 15) is 5.11 Å². The molecule has 0 aromatic rings. The van der Waals surface area contributed by atoms with E-state index < -0.39 is 0 Å². The number of hydrogen-bond acceptors (Lipinski definition) is 2. The lowest BCUT2D eigenvalue weighted by atomic mass is 10.1. The molecule has 3 atom stereocenters. The average molecular weight is 171 g/mol. The molecule has 1 aliphatic heterocycles. The molecule has 0 aliphatic carbocycles. The molecule has 0 amide bonds. The maximum Gasteiger partial charge on any atom is 0.0664 e. The van der Waals surface area contributed by atoms with Gasteiger partial charge in [-0.25, -0.2) is 0 Å². The molecule has 0 saturated carbocycles. The minimum absolute atomic E-state index is 0.197. The third-order valence-electron chi connectivity index (χ3n) is 3.12. The molecule has 1 N–H and O–H groups in total. The zero-order chi connectivity index (χ0) is 9.14. The van der Waals surface area contributed by atoms with Crippen LogP contribution in [0.15, 0.2) is 0 Å². The fourth-order valence-electron chi connectivity index (χ4n) is 2.11. The Labute approximate surface area is 75.6 Å². The first-order chi connectivity index (χ1) is 5.66. The summed E-state index contributed by atoms with van der Waals surface area (Å²) < 4.78 is 0. The number of hydrogen-bond donors (Lipinski definition) is 1. The summed E-state index contributed by atoms with van der Waals surface area (Å²) in [4.78, 5) is 2.45. The fourth-order valence-corrected chi connectivity index (χ4v) is 2.11. The Kier molecular flexibility index (Phi) is 3.53. The predicted octanol–water partition coefficient (Wildman–Crippen LogP) is 1.63. The summed E-state index contributed by atoms with van der Waals surface area (Å²) in [6.45, 7) is 7.41. The molecule has 0 aromatic heterocycles. The van der Waals surface area contributed by atoms with Gasteiger partial charge >= 0.3 is 0 Å². The smallest absolute Gasteiger partial charge is 0.0664 e. The van der Waals surface area contributed by atoms with Gasteiger partial charge in [0, 0.05) is 12.1 Å². The van der Waals surface area contributed by atoms with Gasteiger partial charge in [-0.3, -0.25) is 4.90 Å². The largest absolute Gasteiger partial charge is 0.392 e. The van der Waals surface area contributed by atoms with Gasteiger partial charge in [0.2, 0.25) is 0 Å². The summed E-state index contributed by atoms with van der Waals surface area (Å²) in [7, 11) is 0. The van der Waals surface area contributed by atoms with Crippen molar-refractivity contribution in [3.8, 4) is 0 Å². The van der Waals surface area contributed by atoms with Crippen LogP contribution in [0, 0.1) is 0 Å². The normalized spacial score (nSPS) is 30.5. The van der Waals surface area contributed by atoms with Crippen LogP contribution in [-0.2, 0) is 0 Å². The molecule has 72 valence electrons. The molecule has 0 bridgehead atoms. The van der Waals surface area contributed by atoms with Crippen molar-refractivity contribution < 1.29 is 5.11 Å². The summed E-state index contributed by atoms with van der Waals surface area (Å²) in [5.41, 5.74) is 0. The molecule has 0 spiro atoms. The molecule has 2 heteroatoms. The zero-order valence-electron chi connectivity index (χ0n) is 8.45. The second-order valence-electron chi connectivity index (χ2n) is 3.92. The maximum absolute atomic E-state index is 9.45. The second-order valence-corrected chi connectivity index (χ2v) is 3.92. The molecule has 3 unspecified atom stereocenters. The molecule has 1 aliphatic rings. The van der Waals surface area contributed by atoms with Gasteiger partial charge in [0.05, 0.1) is 6.10 Å². The molecular formula is C10H21NO. The van der Waals surface area contributed by atoms with Crippen LogP contribution in [0.5, 0.6) is 0 Å². The van der Waals surface area contributed by atoms with E-state index >= 15 is 0 Å². The van der Waals surface area contributed by atoms with Crippen molar-refractivity contribution in [2.24, 2.45) is 0 Å². The van der Waals surface area contributed by atoms with Crippen molar-refractivity contribution in [3.05, 3.63) is 0 Å². The van der Waals surface area contributed by atoms with Gasteiger partial charge in [0.15, 0.2) is 0 Å². The minimum Gasteiger partial charge on any atom is -0.392 e. The van der Waals surface area contributed by atoms with E-state index in [-0.39, 0.29) is 6.10 Å². The standard InChI is InChI=1S/C10H21NO/c1-4-10-6-5-7-11(10)8(2)9(3)12/h8-10,12H,4-7H2,1-3H3. The Morgan fingerprint density at radius 1 is 1.50 bits per heavy atom. The van der Waals surface area contributed by atoms with E-state index in [2.05, 4.69) is 18.7 Å². The molecule has 12 heavy (non-hydrogen) atoms. The summed E-state index contributed by atoms with van der Waals surface area (Å²) in [6.07, 6.45) is 3.64. The predicted molar refractivity (Wildman–Crippen MR) is 51.2 cm³/mol. The average Bonchev–Trinajstić information content (AvgIpc) is 2.49. The van der Waals surface area contributed by atoms with Gasteiger partial charge in [-0.2, -0.15) is 0 Å². The van der Waals surface area contributed by atoms with E-state index in [0.29, 0.717) is 6.04 Å². The monoisotopic (exact) mass is 171 g/mol. The van der Waals surface area contributed by atoms with Gasteiger partial charge in [-0.1, -0.05) is 6.92 Å². The van der Waals surface area contributed by atoms with Crippen LogP contribution in [0.2, 0.25) is 0 Å². The highest BCUT2D eigenvalue weighted by molar-refractivity contribution is 4.83. The van der Waals surface area contributed by atoms with E-state index in [1.165, 1.54) is 25.8 Å². The van der Waals surface area contributed by atoms with E-state index in [4.69, 9.17) is 0 Å². The van der Waals surface area contributed by atoms with Gasteiger partial charge in [-0.15, -0.1) is 0 Å². The fraction of sp³-hybridized carbons (Fsp3) is 1.00. The van der Waals surface area contributed by atoms with Crippen LogP contribution < -0.4 is 0 Å². The third kappa shape index (κ3) is 1.99. The first kappa shape index (κ1) is 10.0. The number of rotatable bonds is 3. The Hall–Kier alpha value is -0.0800. The van der Waals surface area contributed by atoms with Crippen LogP contribution in [-0.4, -0.2) is 34.7 Å². The van der Waals surface area contributed by atoms with Crippen molar-refractivity contribution in [3.63, 3.8) is 0 Å². The molecule has 1 rings (SSSR count). The molecule has 2 nitrogen and oxygen atoms in total. The Bertz CT molecular complexity index is 136. The van der Waals surface area contributed by atoms with Crippen LogP contribution in [0.25, 0.3) is 0 Å². The number of likely N-dealkylation sites (tertiary alicyclic amines) is 1. The highest BCUT2D eigenvalue weighted by Gasteiger charge is 2.28. The van der Waals surface area contributed by atoms with Gasteiger partial charge in [0.25, 0.3) is 0 Å². The third-order valence-corrected chi connectivity index (χ3v) is 3.12. The molecule has 1 fully saturated rings. The summed E-state index contributed by atoms with van der Waals surface area (Å²) in [5, 5.41) is 9.45. The second kappa shape index (κ2) is 4.24. The van der Waals surface area contributed by atoms with E-state index in [0.717, 1.165) is 6.04 Å². The highest BCUT2D eigenvalue weighted by Crippen LogP contribution is 2.23. The highest BCUT2D eigenvalue weighted by atomic mass is 16.3. The summed E-state index contributed by atoms with van der Waals surface area (Å²) in [5.74, 6) is 0. The summed E-state index contributed by atoms with van der Waals surface area (Å²) in [6, 6.07) is 1.05. The van der Waals surface area contributed by atoms with E-state index in [1.54, 1.807) is 0 Å². The Morgan fingerprint density at radius 2 is 2.17 bits per heavy atom. The molecular weight excluding hydrogens is 150 g/mol. The topological polar surface area (TPSA) is 23.5 Å². The first-order valence-corrected chi connectivity index (χ1v) is 5.10. The summed E-state index contributed by atoms with van der Waals surface area (Å²) >= 11 is 0. The van der Waals surface area contributed by atoms with Crippen LogP contribution in [0.4, 0.5) is 0 Å². The van der Waals surface area contributed by atoms with Crippen molar-refractivity contribution in [2.45, 2.75) is 58.2 Å².